The molecule has 0 radical (unpaired) electrons. The summed E-state index contributed by atoms with van der Waals surface area (Å²) >= 11 is 0. The van der Waals surface area contributed by atoms with Crippen molar-refractivity contribution in [2.75, 3.05) is 0 Å². The van der Waals surface area contributed by atoms with Crippen LogP contribution in [-0.2, 0) is 6.54 Å². The van der Waals surface area contributed by atoms with Gasteiger partial charge in [0.05, 0.1) is 28.3 Å². The van der Waals surface area contributed by atoms with Crippen LogP contribution in [0.3, 0.4) is 0 Å². The Hall–Kier alpha value is -4.06. The van der Waals surface area contributed by atoms with E-state index in [1.54, 1.807) is 11.5 Å². The number of benzene rings is 3. The molecule has 0 saturated heterocycles. The van der Waals surface area contributed by atoms with Crippen LogP contribution in [0.5, 0.6) is 5.75 Å². The van der Waals surface area contributed by atoms with Crippen molar-refractivity contribution in [3.63, 3.8) is 0 Å². The maximum absolute atomic E-state index is 13.2. The molecule has 0 aliphatic rings. The highest BCUT2D eigenvalue weighted by atomic mass is 16.3. The molecule has 0 aliphatic heterocycles. The minimum atomic E-state index is -0.252. The second kappa shape index (κ2) is 9.20. The summed E-state index contributed by atoms with van der Waals surface area (Å²) in [5, 5.41) is 20.2. The summed E-state index contributed by atoms with van der Waals surface area (Å²) in [7, 11) is 0. The molecule has 1 aromatic heterocycles. The first-order valence-electron chi connectivity index (χ1n) is 10.9. The summed E-state index contributed by atoms with van der Waals surface area (Å²) in [6.45, 7) is 8.10. The standard InChI is InChI=1S/C27H26N4O2/c1-5-31-24-14-10-9-13-21(24)26(32)25(27(31)33)19(4)28-22-15-16-23(18(3)17(22)2)30-29-20-11-7-6-8-12-20/h6-16,32H,5H2,1-4H3. The minimum absolute atomic E-state index is 0.0378. The highest BCUT2D eigenvalue weighted by molar-refractivity contribution is 6.06. The third-order valence-electron chi connectivity index (χ3n) is 5.87. The van der Waals surface area contributed by atoms with Crippen LogP contribution in [0.4, 0.5) is 17.1 Å². The van der Waals surface area contributed by atoms with Crippen LogP contribution in [0.1, 0.15) is 30.5 Å². The lowest BCUT2D eigenvalue weighted by Gasteiger charge is -2.14. The van der Waals surface area contributed by atoms with E-state index in [9.17, 15) is 9.90 Å². The van der Waals surface area contributed by atoms with Gasteiger partial charge in [-0.05, 0) is 75.2 Å². The van der Waals surface area contributed by atoms with E-state index in [-0.39, 0.29) is 16.9 Å². The number of azo groups is 1. The number of aromatic hydroxyl groups is 1. The number of hydrogen-bond donors (Lipinski definition) is 1. The van der Waals surface area contributed by atoms with Gasteiger partial charge in [0.25, 0.3) is 5.56 Å². The molecule has 0 bridgehead atoms. The van der Waals surface area contributed by atoms with E-state index in [0.29, 0.717) is 23.2 Å². The smallest absolute Gasteiger partial charge is 0.263 e. The third-order valence-corrected chi connectivity index (χ3v) is 5.87. The molecule has 0 amide bonds. The minimum Gasteiger partial charge on any atom is -0.506 e. The Bertz CT molecular complexity index is 1450. The normalized spacial score (nSPS) is 12.1. The first-order valence-corrected chi connectivity index (χ1v) is 10.9. The topological polar surface area (TPSA) is 79.3 Å². The molecule has 6 nitrogen and oxygen atoms in total. The van der Waals surface area contributed by atoms with Crippen molar-refractivity contribution in [1.29, 1.82) is 0 Å². The molecule has 0 atom stereocenters. The van der Waals surface area contributed by atoms with Crippen LogP contribution in [0.15, 0.2) is 86.7 Å². The molecule has 0 aliphatic carbocycles. The highest BCUT2D eigenvalue weighted by Gasteiger charge is 2.18. The van der Waals surface area contributed by atoms with Gasteiger partial charge < -0.3 is 9.67 Å². The van der Waals surface area contributed by atoms with E-state index in [2.05, 4.69) is 10.2 Å². The average molecular weight is 439 g/mol. The Morgan fingerprint density at radius 2 is 1.52 bits per heavy atom. The summed E-state index contributed by atoms with van der Waals surface area (Å²) in [6, 6.07) is 20.7. The predicted octanol–water partition coefficient (Wildman–Crippen LogP) is 6.90. The van der Waals surface area contributed by atoms with E-state index in [1.165, 1.54) is 0 Å². The van der Waals surface area contributed by atoms with Crippen molar-refractivity contribution in [3.8, 4) is 5.75 Å². The Kier molecular flexibility index (Phi) is 6.18. The quantitative estimate of drug-likeness (QED) is 0.272. The number of rotatable bonds is 5. The number of nitrogens with zero attached hydrogens (tertiary/aromatic N) is 4. The van der Waals surface area contributed by atoms with Gasteiger partial charge in [0.1, 0.15) is 11.3 Å². The lowest BCUT2D eigenvalue weighted by molar-refractivity contribution is 0.477. The van der Waals surface area contributed by atoms with Gasteiger partial charge in [0, 0.05) is 11.9 Å². The van der Waals surface area contributed by atoms with Crippen LogP contribution in [0, 0.1) is 13.8 Å². The number of aliphatic imine (C=N–C) groups is 1. The van der Waals surface area contributed by atoms with Gasteiger partial charge in [0.15, 0.2) is 0 Å². The van der Waals surface area contributed by atoms with E-state index < -0.39 is 0 Å². The summed E-state index contributed by atoms with van der Waals surface area (Å²) < 4.78 is 1.66. The number of aromatic nitrogens is 1. The van der Waals surface area contributed by atoms with E-state index in [0.717, 1.165) is 28.2 Å². The van der Waals surface area contributed by atoms with Gasteiger partial charge in [-0.1, -0.05) is 30.3 Å². The summed E-state index contributed by atoms with van der Waals surface area (Å²) in [5.74, 6) is -0.0378. The Labute approximate surface area is 192 Å². The lowest BCUT2D eigenvalue weighted by Crippen LogP contribution is -2.26. The van der Waals surface area contributed by atoms with Crippen LogP contribution < -0.4 is 5.56 Å². The highest BCUT2D eigenvalue weighted by Crippen LogP contribution is 2.32. The van der Waals surface area contributed by atoms with Gasteiger partial charge in [-0.15, -0.1) is 0 Å². The molecule has 0 saturated carbocycles. The SMILES string of the molecule is CCn1c(=O)c(C(C)=Nc2ccc(N=Nc3ccccc3)c(C)c2C)c(O)c2ccccc21. The number of fused-ring (bicyclic) bond motifs is 1. The zero-order valence-corrected chi connectivity index (χ0v) is 19.2. The van der Waals surface area contributed by atoms with Crippen molar-refractivity contribution in [3.05, 3.63) is 93.8 Å². The van der Waals surface area contributed by atoms with Crippen molar-refractivity contribution in [2.45, 2.75) is 34.2 Å². The van der Waals surface area contributed by atoms with Crippen LogP contribution >= 0.6 is 0 Å². The van der Waals surface area contributed by atoms with Gasteiger partial charge in [-0.25, -0.2) is 0 Å². The molecule has 4 aromatic rings. The molecule has 4 rings (SSSR count). The molecule has 1 heterocycles. The monoisotopic (exact) mass is 438 g/mol. The fourth-order valence-corrected chi connectivity index (χ4v) is 3.89. The van der Waals surface area contributed by atoms with Crippen LogP contribution in [0.25, 0.3) is 10.9 Å². The molecule has 0 unspecified atom stereocenters. The summed E-state index contributed by atoms with van der Waals surface area (Å²) in [4.78, 5) is 17.9. The zero-order valence-electron chi connectivity index (χ0n) is 19.2. The number of aryl methyl sites for hydroxylation is 1. The van der Waals surface area contributed by atoms with Crippen molar-refractivity contribution >= 4 is 33.7 Å². The lowest BCUT2D eigenvalue weighted by atomic mass is 10.0. The second-order valence-corrected chi connectivity index (χ2v) is 7.88. The zero-order chi connectivity index (χ0) is 23.5. The molecular weight excluding hydrogens is 412 g/mol. The first kappa shape index (κ1) is 22.1. The average Bonchev–Trinajstić information content (AvgIpc) is 2.82. The van der Waals surface area contributed by atoms with Gasteiger partial charge in [-0.2, -0.15) is 10.2 Å². The Morgan fingerprint density at radius 3 is 2.24 bits per heavy atom. The molecule has 0 spiro atoms. The molecule has 33 heavy (non-hydrogen) atoms. The number of hydrogen-bond acceptors (Lipinski definition) is 5. The second-order valence-electron chi connectivity index (χ2n) is 7.88. The Balaban J connectivity index is 1.77. The molecule has 6 heteroatoms. The maximum atomic E-state index is 13.2. The van der Waals surface area contributed by atoms with Gasteiger partial charge >= 0.3 is 0 Å². The summed E-state index contributed by atoms with van der Waals surface area (Å²) in [6.07, 6.45) is 0. The van der Waals surface area contributed by atoms with Crippen molar-refractivity contribution in [2.24, 2.45) is 15.2 Å². The Morgan fingerprint density at radius 1 is 0.879 bits per heavy atom. The fraction of sp³-hybridized carbons (Fsp3) is 0.185. The molecular formula is C27H26N4O2. The first-order chi connectivity index (χ1) is 15.9. The van der Waals surface area contributed by atoms with E-state index in [1.807, 2.05) is 87.5 Å². The molecule has 3 aromatic carbocycles. The van der Waals surface area contributed by atoms with Crippen LogP contribution in [0.2, 0.25) is 0 Å². The van der Waals surface area contributed by atoms with Gasteiger partial charge in [0.2, 0.25) is 0 Å². The number of pyridine rings is 1. The van der Waals surface area contributed by atoms with Crippen molar-refractivity contribution < 1.29 is 5.11 Å². The largest absolute Gasteiger partial charge is 0.506 e. The van der Waals surface area contributed by atoms with E-state index >= 15 is 0 Å². The molecule has 0 fully saturated rings. The molecule has 1 N–H and O–H groups in total. The number of para-hydroxylation sites is 1. The van der Waals surface area contributed by atoms with Crippen LogP contribution in [-0.4, -0.2) is 15.4 Å². The fourth-order valence-electron chi connectivity index (χ4n) is 3.89. The molecule has 166 valence electrons. The predicted molar refractivity (Wildman–Crippen MR) is 134 cm³/mol. The third kappa shape index (κ3) is 4.20. The van der Waals surface area contributed by atoms with E-state index in [4.69, 9.17) is 4.99 Å². The van der Waals surface area contributed by atoms with Gasteiger partial charge in [-0.3, -0.25) is 9.79 Å². The maximum Gasteiger partial charge on any atom is 0.263 e. The van der Waals surface area contributed by atoms with Crippen molar-refractivity contribution in [1.82, 2.24) is 4.57 Å². The summed E-state index contributed by atoms with van der Waals surface area (Å²) in [5.41, 5.74) is 5.30.